The van der Waals surface area contributed by atoms with Gasteiger partial charge in [0.2, 0.25) is 0 Å². The third-order valence-electron chi connectivity index (χ3n) is 4.41. The highest BCUT2D eigenvalue weighted by Crippen LogP contribution is 2.22. The van der Waals surface area contributed by atoms with Gasteiger partial charge < -0.3 is 15.1 Å². The molecule has 1 N–H and O–H groups in total. The standard InChI is InChI=1S/C13H27N3/c1-15(12-5-3-4-6-12)9-7-13-11-14-8-10-16(13)2/h12-14H,3-11H2,1-2H3. The summed E-state index contributed by atoms with van der Waals surface area (Å²) in [4.78, 5) is 5.11. The van der Waals surface area contributed by atoms with E-state index in [1.54, 1.807) is 0 Å². The molecule has 0 aromatic heterocycles. The highest BCUT2D eigenvalue weighted by atomic mass is 15.2. The van der Waals surface area contributed by atoms with Crippen molar-refractivity contribution in [3.63, 3.8) is 0 Å². The van der Waals surface area contributed by atoms with E-state index in [1.165, 1.54) is 51.7 Å². The second-order valence-corrected chi connectivity index (χ2v) is 5.55. The molecule has 0 amide bonds. The molecule has 2 aliphatic rings. The minimum Gasteiger partial charge on any atom is -0.314 e. The lowest BCUT2D eigenvalue weighted by molar-refractivity contribution is 0.159. The average Bonchev–Trinajstić information content (AvgIpc) is 2.81. The van der Waals surface area contributed by atoms with Crippen LogP contribution in [0.2, 0.25) is 0 Å². The molecule has 3 heteroatoms. The van der Waals surface area contributed by atoms with Crippen LogP contribution in [-0.4, -0.2) is 62.2 Å². The molecule has 0 radical (unpaired) electrons. The molecule has 1 saturated carbocycles. The van der Waals surface area contributed by atoms with Gasteiger partial charge in [0.1, 0.15) is 0 Å². The van der Waals surface area contributed by atoms with Crippen molar-refractivity contribution in [2.75, 3.05) is 40.3 Å². The zero-order chi connectivity index (χ0) is 11.4. The third-order valence-corrected chi connectivity index (χ3v) is 4.41. The molecule has 0 aromatic carbocycles. The highest BCUT2D eigenvalue weighted by molar-refractivity contribution is 4.80. The van der Waals surface area contributed by atoms with Gasteiger partial charge in [-0.3, -0.25) is 0 Å². The fraction of sp³-hybridized carbons (Fsp3) is 1.00. The summed E-state index contributed by atoms with van der Waals surface area (Å²) >= 11 is 0. The van der Waals surface area contributed by atoms with Crippen LogP contribution >= 0.6 is 0 Å². The lowest BCUT2D eigenvalue weighted by Crippen LogP contribution is -2.50. The average molecular weight is 225 g/mol. The van der Waals surface area contributed by atoms with Crippen LogP contribution in [0.4, 0.5) is 0 Å². The first kappa shape index (κ1) is 12.3. The maximum atomic E-state index is 3.50. The first-order chi connectivity index (χ1) is 7.77. The van der Waals surface area contributed by atoms with Gasteiger partial charge in [-0.25, -0.2) is 0 Å². The van der Waals surface area contributed by atoms with Crippen molar-refractivity contribution in [3.8, 4) is 0 Å². The molecule has 0 bridgehead atoms. The monoisotopic (exact) mass is 225 g/mol. The zero-order valence-electron chi connectivity index (χ0n) is 10.9. The van der Waals surface area contributed by atoms with E-state index in [4.69, 9.17) is 0 Å². The van der Waals surface area contributed by atoms with E-state index in [2.05, 4.69) is 29.2 Å². The van der Waals surface area contributed by atoms with Gasteiger partial charge in [-0.15, -0.1) is 0 Å². The van der Waals surface area contributed by atoms with Gasteiger partial charge in [-0.05, 0) is 39.9 Å². The zero-order valence-corrected chi connectivity index (χ0v) is 10.9. The Morgan fingerprint density at radius 1 is 1.31 bits per heavy atom. The molecule has 1 unspecified atom stereocenters. The summed E-state index contributed by atoms with van der Waals surface area (Å²) in [5.41, 5.74) is 0. The molecule has 1 aliphatic carbocycles. The molecular formula is C13H27N3. The van der Waals surface area contributed by atoms with Crippen LogP contribution in [0.1, 0.15) is 32.1 Å². The summed E-state index contributed by atoms with van der Waals surface area (Å²) < 4.78 is 0. The van der Waals surface area contributed by atoms with Gasteiger partial charge >= 0.3 is 0 Å². The van der Waals surface area contributed by atoms with Crippen molar-refractivity contribution in [2.45, 2.75) is 44.2 Å². The van der Waals surface area contributed by atoms with Crippen LogP contribution < -0.4 is 5.32 Å². The highest BCUT2D eigenvalue weighted by Gasteiger charge is 2.22. The summed E-state index contributed by atoms with van der Waals surface area (Å²) in [6.07, 6.45) is 7.06. The van der Waals surface area contributed by atoms with Crippen molar-refractivity contribution in [1.82, 2.24) is 15.1 Å². The first-order valence-corrected chi connectivity index (χ1v) is 6.88. The summed E-state index contributed by atoms with van der Waals surface area (Å²) in [7, 11) is 4.58. The first-order valence-electron chi connectivity index (χ1n) is 6.88. The number of hydrogen-bond donors (Lipinski definition) is 1. The summed E-state index contributed by atoms with van der Waals surface area (Å²) in [5, 5.41) is 3.50. The number of nitrogens with one attached hydrogen (secondary N) is 1. The minimum atomic E-state index is 0.748. The van der Waals surface area contributed by atoms with Crippen molar-refractivity contribution >= 4 is 0 Å². The van der Waals surface area contributed by atoms with Crippen LogP contribution in [0.25, 0.3) is 0 Å². The summed E-state index contributed by atoms with van der Waals surface area (Å²) in [6, 6.07) is 1.62. The SMILES string of the molecule is CN(CCC1CNCCN1C)C1CCCC1. The topological polar surface area (TPSA) is 18.5 Å². The van der Waals surface area contributed by atoms with E-state index in [9.17, 15) is 0 Å². The second kappa shape index (κ2) is 5.99. The van der Waals surface area contributed by atoms with E-state index >= 15 is 0 Å². The molecule has 2 fully saturated rings. The lowest BCUT2D eigenvalue weighted by atomic mass is 10.1. The molecule has 0 aromatic rings. The molecule has 1 heterocycles. The van der Waals surface area contributed by atoms with Crippen LogP contribution in [0.3, 0.4) is 0 Å². The van der Waals surface area contributed by atoms with E-state index in [0.29, 0.717) is 0 Å². The Morgan fingerprint density at radius 2 is 2.06 bits per heavy atom. The van der Waals surface area contributed by atoms with E-state index in [-0.39, 0.29) is 0 Å². The Hall–Kier alpha value is -0.120. The molecule has 0 spiro atoms. The normalized spacial score (nSPS) is 29.1. The van der Waals surface area contributed by atoms with E-state index in [1.807, 2.05) is 0 Å². The van der Waals surface area contributed by atoms with Crippen LogP contribution in [0.5, 0.6) is 0 Å². The summed E-state index contributed by atoms with van der Waals surface area (Å²) in [5.74, 6) is 0. The Bertz CT molecular complexity index is 201. The largest absolute Gasteiger partial charge is 0.314 e. The van der Waals surface area contributed by atoms with Crippen molar-refractivity contribution in [1.29, 1.82) is 0 Å². The smallest absolute Gasteiger partial charge is 0.0230 e. The maximum absolute atomic E-state index is 3.50. The molecule has 2 rings (SSSR count). The predicted octanol–water partition coefficient (Wildman–Crippen LogP) is 1.15. The van der Waals surface area contributed by atoms with Crippen molar-refractivity contribution < 1.29 is 0 Å². The van der Waals surface area contributed by atoms with Crippen molar-refractivity contribution in [2.24, 2.45) is 0 Å². The van der Waals surface area contributed by atoms with Crippen LogP contribution in [0, 0.1) is 0 Å². The van der Waals surface area contributed by atoms with Gasteiger partial charge in [0, 0.05) is 31.7 Å². The molecule has 1 saturated heterocycles. The molecule has 94 valence electrons. The van der Waals surface area contributed by atoms with E-state index in [0.717, 1.165) is 18.6 Å². The molecule has 16 heavy (non-hydrogen) atoms. The number of rotatable bonds is 4. The number of piperazine rings is 1. The van der Waals surface area contributed by atoms with Gasteiger partial charge in [0.15, 0.2) is 0 Å². The molecule has 1 aliphatic heterocycles. The molecule has 1 atom stereocenters. The van der Waals surface area contributed by atoms with Gasteiger partial charge in [0.05, 0.1) is 0 Å². The Balaban J connectivity index is 1.69. The molecular weight excluding hydrogens is 198 g/mol. The number of nitrogens with zero attached hydrogens (tertiary/aromatic N) is 2. The lowest BCUT2D eigenvalue weighted by Gasteiger charge is -2.35. The van der Waals surface area contributed by atoms with Gasteiger partial charge in [-0.1, -0.05) is 12.8 Å². The van der Waals surface area contributed by atoms with Gasteiger partial charge in [0.25, 0.3) is 0 Å². The second-order valence-electron chi connectivity index (χ2n) is 5.55. The van der Waals surface area contributed by atoms with Crippen LogP contribution in [0.15, 0.2) is 0 Å². The fourth-order valence-electron chi connectivity index (χ4n) is 3.07. The number of hydrogen-bond acceptors (Lipinski definition) is 3. The van der Waals surface area contributed by atoms with E-state index < -0.39 is 0 Å². The fourth-order valence-corrected chi connectivity index (χ4v) is 3.07. The van der Waals surface area contributed by atoms with Crippen molar-refractivity contribution in [3.05, 3.63) is 0 Å². The minimum absolute atomic E-state index is 0.748. The number of likely N-dealkylation sites (N-methyl/N-ethyl adjacent to an activating group) is 1. The predicted molar refractivity (Wildman–Crippen MR) is 68.8 cm³/mol. The Labute approximate surface area is 100 Å². The Morgan fingerprint density at radius 3 is 2.75 bits per heavy atom. The maximum Gasteiger partial charge on any atom is 0.0230 e. The molecule has 3 nitrogen and oxygen atoms in total. The summed E-state index contributed by atoms with van der Waals surface area (Å²) in [6.45, 7) is 4.81. The quantitative estimate of drug-likeness (QED) is 0.774. The third kappa shape index (κ3) is 3.19. The van der Waals surface area contributed by atoms with Crippen LogP contribution in [-0.2, 0) is 0 Å². The van der Waals surface area contributed by atoms with Gasteiger partial charge in [-0.2, -0.15) is 0 Å². The Kier molecular flexibility index (Phi) is 4.62.